The standard InChI is InChI=1S/C29H31Cl2FN4O4/c1-16(24-20(30)6-7-21(32)25(24)31)39-23-13-19(15-35-27(23)33)18-12-22(38-5)26(34-14-18)17-8-10-36(11-9-17)28(37)40-29(2,3)4/h6-8,12-16H,9-11H2,1-5H3,(H2,33,35)/t16-/m1/s1. The highest BCUT2D eigenvalue weighted by atomic mass is 35.5. The van der Waals surface area contributed by atoms with E-state index in [1.54, 1.807) is 37.4 Å². The number of carbonyl (C=O) groups is 1. The summed E-state index contributed by atoms with van der Waals surface area (Å²) in [6.07, 6.45) is 4.82. The molecular weight excluding hydrogens is 558 g/mol. The van der Waals surface area contributed by atoms with E-state index in [-0.39, 0.29) is 27.7 Å². The van der Waals surface area contributed by atoms with Crippen LogP contribution in [-0.2, 0) is 4.74 Å². The zero-order valence-electron chi connectivity index (χ0n) is 22.9. The summed E-state index contributed by atoms with van der Waals surface area (Å²) in [6.45, 7) is 8.14. The summed E-state index contributed by atoms with van der Waals surface area (Å²) in [4.78, 5) is 23.0. The largest absolute Gasteiger partial charge is 0.494 e. The first-order valence-electron chi connectivity index (χ1n) is 12.6. The number of aromatic nitrogens is 2. The molecule has 0 radical (unpaired) electrons. The van der Waals surface area contributed by atoms with Crippen molar-refractivity contribution >= 4 is 40.7 Å². The van der Waals surface area contributed by atoms with E-state index in [4.69, 9.17) is 43.1 Å². The lowest BCUT2D eigenvalue weighted by atomic mass is 10.0. The molecule has 4 rings (SSSR count). The van der Waals surface area contributed by atoms with Crippen LogP contribution in [0.15, 0.2) is 42.7 Å². The van der Waals surface area contributed by atoms with E-state index in [0.29, 0.717) is 42.1 Å². The van der Waals surface area contributed by atoms with Gasteiger partial charge in [-0.05, 0) is 64.0 Å². The van der Waals surface area contributed by atoms with Crippen molar-refractivity contribution in [1.29, 1.82) is 0 Å². The molecule has 1 atom stereocenters. The lowest BCUT2D eigenvalue weighted by Gasteiger charge is -2.29. The first kappa shape index (κ1) is 29.4. The van der Waals surface area contributed by atoms with E-state index in [1.165, 1.54) is 12.1 Å². The Hall–Kier alpha value is -3.56. The number of rotatable bonds is 6. The van der Waals surface area contributed by atoms with Crippen molar-refractivity contribution in [1.82, 2.24) is 14.9 Å². The number of ether oxygens (including phenoxy) is 3. The number of hydrogen-bond donors (Lipinski definition) is 1. The third-order valence-corrected chi connectivity index (χ3v) is 6.96. The third-order valence-electron chi connectivity index (χ3n) is 6.24. The van der Waals surface area contributed by atoms with Crippen molar-refractivity contribution in [3.63, 3.8) is 0 Å². The average Bonchev–Trinajstić information content (AvgIpc) is 2.91. The third kappa shape index (κ3) is 6.59. The van der Waals surface area contributed by atoms with Gasteiger partial charge >= 0.3 is 6.09 Å². The maximum Gasteiger partial charge on any atom is 0.410 e. The second-order valence-electron chi connectivity index (χ2n) is 10.3. The first-order chi connectivity index (χ1) is 18.9. The number of hydrogen-bond acceptors (Lipinski definition) is 7. The molecule has 1 amide bonds. The lowest BCUT2D eigenvalue weighted by molar-refractivity contribution is 0.0270. The van der Waals surface area contributed by atoms with Gasteiger partial charge in [0, 0.05) is 47.2 Å². The topological polar surface area (TPSA) is 99.8 Å². The van der Waals surface area contributed by atoms with Crippen molar-refractivity contribution in [3.8, 4) is 22.6 Å². The van der Waals surface area contributed by atoms with Gasteiger partial charge in [0.25, 0.3) is 0 Å². The zero-order chi connectivity index (χ0) is 29.2. The summed E-state index contributed by atoms with van der Waals surface area (Å²) >= 11 is 12.4. The van der Waals surface area contributed by atoms with E-state index >= 15 is 0 Å². The molecule has 0 saturated carbocycles. The van der Waals surface area contributed by atoms with E-state index in [0.717, 1.165) is 11.1 Å². The van der Waals surface area contributed by atoms with Crippen LogP contribution in [0.5, 0.6) is 11.5 Å². The van der Waals surface area contributed by atoms with Gasteiger partial charge in [-0.25, -0.2) is 14.2 Å². The molecule has 2 N–H and O–H groups in total. The van der Waals surface area contributed by atoms with Crippen LogP contribution >= 0.6 is 23.2 Å². The fraction of sp³-hybridized carbons (Fsp3) is 0.345. The molecular formula is C29H31Cl2FN4O4. The molecule has 0 unspecified atom stereocenters. The molecule has 0 saturated heterocycles. The van der Waals surface area contributed by atoms with Crippen LogP contribution in [0.4, 0.5) is 15.0 Å². The van der Waals surface area contributed by atoms with Crippen LogP contribution in [0.2, 0.25) is 10.0 Å². The first-order valence-corrected chi connectivity index (χ1v) is 13.4. The number of carbonyl (C=O) groups excluding carboxylic acids is 1. The Labute approximate surface area is 242 Å². The summed E-state index contributed by atoms with van der Waals surface area (Å²) in [5, 5.41) is 0.163. The molecule has 0 bridgehead atoms. The number of methoxy groups -OCH3 is 1. The molecule has 2 aromatic heterocycles. The molecule has 0 aliphatic carbocycles. The number of anilines is 1. The predicted molar refractivity (Wildman–Crippen MR) is 154 cm³/mol. The fourth-order valence-electron chi connectivity index (χ4n) is 4.25. The number of amides is 1. The van der Waals surface area contributed by atoms with Crippen LogP contribution in [-0.4, -0.2) is 46.8 Å². The SMILES string of the molecule is COc1cc(-c2cnc(N)c(O[C@H](C)c3c(Cl)ccc(F)c3Cl)c2)cnc1C1=CCN(C(=O)OC(C)(C)C)CC1. The summed E-state index contributed by atoms with van der Waals surface area (Å²) in [7, 11) is 1.57. The molecule has 1 aliphatic heterocycles. The van der Waals surface area contributed by atoms with Gasteiger partial charge in [-0.2, -0.15) is 0 Å². The molecule has 8 nitrogen and oxygen atoms in total. The van der Waals surface area contributed by atoms with Gasteiger partial charge in [0.2, 0.25) is 0 Å². The van der Waals surface area contributed by atoms with Gasteiger partial charge in [-0.1, -0.05) is 29.3 Å². The lowest BCUT2D eigenvalue weighted by Crippen LogP contribution is -2.39. The molecule has 1 aliphatic rings. The molecule has 3 heterocycles. The minimum Gasteiger partial charge on any atom is -0.494 e. The number of nitrogens with zero attached hydrogens (tertiary/aromatic N) is 3. The van der Waals surface area contributed by atoms with Crippen LogP contribution in [0, 0.1) is 5.82 Å². The normalized spacial score (nSPS) is 14.4. The molecule has 1 aromatic carbocycles. The number of nitrogens with two attached hydrogens (primary N) is 1. The van der Waals surface area contributed by atoms with E-state index < -0.39 is 17.5 Å². The highest BCUT2D eigenvalue weighted by Crippen LogP contribution is 2.38. The molecule has 0 fully saturated rings. The van der Waals surface area contributed by atoms with Gasteiger partial charge in [-0.15, -0.1) is 0 Å². The maximum absolute atomic E-state index is 14.0. The predicted octanol–water partition coefficient (Wildman–Crippen LogP) is 7.34. The second kappa shape index (κ2) is 11.9. The molecule has 11 heteroatoms. The summed E-state index contributed by atoms with van der Waals surface area (Å²) in [5.41, 5.74) is 8.91. The van der Waals surface area contributed by atoms with Crippen molar-refractivity contribution in [2.75, 3.05) is 25.9 Å². The van der Waals surface area contributed by atoms with Crippen molar-refractivity contribution in [2.24, 2.45) is 0 Å². The molecule has 3 aromatic rings. The molecule has 40 heavy (non-hydrogen) atoms. The van der Waals surface area contributed by atoms with Crippen molar-refractivity contribution in [3.05, 3.63) is 69.9 Å². The van der Waals surface area contributed by atoms with E-state index in [9.17, 15) is 9.18 Å². The Morgan fingerprint density at radius 3 is 2.42 bits per heavy atom. The van der Waals surface area contributed by atoms with Crippen LogP contribution in [0.3, 0.4) is 0 Å². The van der Waals surface area contributed by atoms with Gasteiger partial charge < -0.3 is 24.8 Å². The average molecular weight is 589 g/mol. The number of halogens is 3. The zero-order valence-corrected chi connectivity index (χ0v) is 24.4. The Morgan fingerprint density at radius 1 is 1.12 bits per heavy atom. The van der Waals surface area contributed by atoms with Gasteiger partial charge in [0.1, 0.15) is 29.0 Å². The monoisotopic (exact) mass is 588 g/mol. The Bertz CT molecular complexity index is 1460. The smallest absolute Gasteiger partial charge is 0.410 e. The minimum atomic E-state index is -0.705. The van der Waals surface area contributed by atoms with Crippen molar-refractivity contribution < 1.29 is 23.4 Å². The Kier molecular flexibility index (Phi) is 8.75. The van der Waals surface area contributed by atoms with Gasteiger partial charge in [-0.3, -0.25) is 4.98 Å². The molecule has 0 spiro atoms. The van der Waals surface area contributed by atoms with Crippen LogP contribution < -0.4 is 15.2 Å². The highest BCUT2D eigenvalue weighted by Gasteiger charge is 2.25. The Morgan fingerprint density at radius 2 is 1.80 bits per heavy atom. The summed E-state index contributed by atoms with van der Waals surface area (Å²) < 4.78 is 31.2. The second-order valence-corrected chi connectivity index (χ2v) is 11.1. The molecule has 212 valence electrons. The summed E-state index contributed by atoms with van der Waals surface area (Å²) in [5.74, 6) is 0.403. The Balaban J connectivity index is 1.56. The van der Waals surface area contributed by atoms with Crippen LogP contribution in [0.1, 0.15) is 51.5 Å². The van der Waals surface area contributed by atoms with Gasteiger partial charge in [0.05, 0.1) is 12.1 Å². The fourth-order valence-corrected chi connectivity index (χ4v) is 4.93. The highest BCUT2D eigenvalue weighted by molar-refractivity contribution is 6.36. The quantitative estimate of drug-likeness (QED) is 0.300. The van der Waals surface area contributed by atoms with E-state index in [2.05, 4.69) is 9.97 Å². The maximum atomic E-state index is 14.0. The van der Waals surface area contributed by atoms with Gasteiger partial charge in [0.15, 0.2) is 11.6 Å². The number of benzene rings is 1. The number of nitrogen functional groups attached to an aromatic ring is 1. The van der Waals surface area contributed by atoms with E-state index in [1.807, 2.05) is 32.9 Å². The van der Waals surface area contributed by atoms with Crippen LogP contribution in [0.25, 0.3) is 16.7 Å². The minimum absolute atomic E-state index is 0.113. The summed E-state index contributed by atoms with van der Waals surface area (Å²) in [6, 6.07) is 6.19. The number of pyridine rings is 2. The van der Waals surface area contributed by atoms with Crippen molar-refractivity contribution in [2.45, 2.75) is 45.8 Å².